The summed E-state index contributed by atoms with van der Waals surface area (Å²) in [6, 6.07) is 15.2. The van der Waals surface area contributed by atoms with Crippen LogP contribution in [0.15, 0.2) is 54.6 Å². The van der Waals surface area contributed by atoms with Gasteiger partial charge in [0.25, 0.3) is 5.91 Å². The van der Waals surface area contributed by atoms with Gasteiger partial charge in [-0.2, -0.15) is 0 Å². The van der Waals surface area contributed by atoms with E-state index in [1.165, 1.54) is 13.2 Å². The Morgan fingerprint density at radius 3 is 2.41 bits per heavy atom. The molecule has 0 bridgehead atoms. The Morgan fingerprint density at radius 2 is 1.74 bits per heavy atom. The molecule has 0 radical (unpaired) electrons. The number of ether oxygens (including phenoxy) is 1. The second-order valence-corrected chi connectivity index (χ2v) is 5.97. The Bertz CT molecular complexity index is 861. The second-order valence-electron chi connectivity index (χ2n) is 5.22. The standard InChI is InChI=1S/C18H16ClN3O4S/c1-26-18(25)21-17(27)20-11-15(23)22(19)14-9-5-8-13(10-14)16(24)12-6-3-2-4-7-12/h2-10H,11H2,1H3,(H2,20,21,25,27). The number of nitrogens with zero attached hydrogens (tertiary/aromatic N) is 1. The lowest BCUT2D eigenvalue weighted by atomic mass is 10.0. The van der Waals surface area contributed by atoms with Crippen molar-refractivity contribution < 1.29 is 19.1 Å². The van der Waals surface area contributed by atoms with Gasteiger partial charge in [-0.15, -0.1) is 0 Å². The second kappa shape index (κ2) is 9.65. The first-order valence-electron chi connectivity index (χ1n) is 7.73. The van der Waals surface area contributed by atoms with Crippen molar-refractivity contribution >= 4 is 52.6 Å². The van der Waals surface area contributed by atoms with Crippen LogP contribution in [0.25, 0.3) is 0 Å². The SMILES string of the molecule is COC(=O)NC(=S)NCC(=O)N(Cl)c1cccc(C(=O)c2ccccc2)c1. The molecule has 2 rings (SSSR count). The number of anilines is 1. The van der Waals surface area contributed by atoms with Gasteiger partial charge in [-0.25, -0.2) is 9.21 Å². The number of ketones is 1. The highest BCUT2D eigenvalue weighted by atomic mass is 35.5. The summed E-state index contributed by atoms with van der Waals surface area (Å²) in [5.74, 6) is -0.716. The molecule has 2 N–H and O–H groups in total. The monoisotopic (exact) mass is 405 g/mol. The van der Waals surface area contributed by atoms with E-state index >= 15 is 0 Å². The van der Waals surface area contributed by atoms with Crippen molar-refractivity contribution in [3.63, 3.8) is 0 Å². The molecule has 0 atom stereocenters. The van der Waals surface area contributed by atoms with Gasteiger partial charge in [-0.05, 0) is 24.4 Å². The van der Waals surface area contributed by atoms with Crippen molar-refractivity contribution in [2.24, 2.45) is 0 Å². The molecular formula is C18H16ClN3O4S. The van der Waals surface area contributed by atoms with E-state index in [4.69, 9.17) is 24.0 Å². The van der Waals surface area contributed by atoms with E-state index in [-0.39, 0.29) is 17.4 Å². The average molecular weight is 406 g/mol. The Hall–Kier alpha value is -2.97. The predicted molar refractivity (Wildman–Crippen MR) is 106 cm³/mol. The summed E-state index contributed by atoms with van der Waals surface area (Å²) >= 11 is 10.9. The normalized spacial score (nSPS) is 9.85. The molecule has 0 heterocycles. The van der Waals surface area contributed by atoms with E-state index in [2.05, 4.69) is 15.4 Å². The Labute approximate surface area is 166 Å². The Morgan fingerprint density at radius 1 is 1.07 bits per heavy atom. The number of carbonyl (C=O) groups is 3. The summed E-state index contributed by atoms with van der Waals surface area (Å²) in [5.41, 5.74) is 1.26. The van der Waals surface area contributed by atoms with Crippen LogP contribution in [0.2, 0.25) is 0 Å². The quantitative estimate of drug-likeness (QED) is 0.451. The number of hydrogen-bond acceptors (Lipinski definition) is 5. The largest absolute Gasteiger partial charge is 0.453 e. The molecule has 0 saturated heterocycles. The smallest absolute Gasteiger partial charge is 0.413 e. The molecule has 0 unspecified atom stereocenters. The summed E-state index contributed by atoms with van der Waals surface area (Å²) in [7, 11) is 1.19. The van der Waals surface area contributed by atoms with E-state index in [0.29, 0.717) is 16.8 Å². The molecule has 2 aromatic carbocycles. The average Bonchev–Trinajstić information content (AvgIpc) is 2.71. The number of carbonyl (C=O) groups excluding carboxylic acids is 3. The number of halogens is 1. The minimum absolute atomic E-state index is 0.0757. The number of benzene rings is 2. The third-order valence-electron chi connectivity index (χ3n) is 3.39. The summed E-state index contributed by atoms with van der Waals surface area (Å²) in [6.07, 6.45) is -0.755. The van der Waals surface area contributed by atoms with Crippen LogP contribution in [0.3, 0.4) is 0 Å². The third kappa shape index (κ3) is 5.77. The highest BCUT2D eigenvalue weighted by Gasteiger charge is 2.16. The van der Waals surface area contributed by atoms with Crippen LogP contribution in [-0.2, 0) is 9.53 Å². The maximum atomic E-state index is 12.5. The first kappa shape index (κ1) is 20.3. The summed E-state index contributed by atoms with van der Waals surface area (Å²) < 4.78 is 5.26. The van der Waals surface area contributed by atoms with Crippen LogP contribution in [0, 0.1) is 0 Å². The minimum Gasteiger partial charge on any atom is -0.453 e. The third-order valence-corrected chi connectivity index (χ3v) is 4.02. The zero-order valence-electron chi connectivity index (χ0n) is 14.3. The lowest BCUT2D eigenvalue weighted by molar-refractivity contribution is -0.116. The molecule has 9 heteroatoms. The number of rotatable bonds is 5. The van der Waals surface area contributed by atoms with Crippen molar-refractivity contribution in [1.29, 1.82) is 0 Å². The van der Waals surface area contributed by atoms with Gasteiger partial charge in [0.05, 0.1) is 19.3 Å². The van der Waals surface area contributed by atoms with E-state index in [0.717, 1.165) is 4.42 Å². The van der Waals surface area contributed by atoms with Crippen molar-refractivity contribution in [3.05, 3.63) is 65.7 Å². The van der Waals surface area contributed by atoms with E-state index < -0.39 is 12.0 Å². The van der Waals surface area contributed by atoms with Crippen LogP contribution in [0.4, 0.5) is 10.5 Å². The van der Waals surface area contributed by atoms with Gasteiger partial charge >= 0.3 is 6.09 Å². The lowest BCUT2D eigenvalue weighted by Gasteiger charge is -2.16. The fourth-order valence-electron chi connectivity index (χ4n) is 2.08. The lowest BCUT2D eigenvalue weighted by Crippen LogP contribution is -2.43. The van der Waals surface area contributed by atoms with Crippen LogP contribution in [0.1, 0.15) is 15.9 Å². The molecule has 0 aromatic heterocycles. The first-order valence-corrected chi connectivity index (χ1v) is 8.48. The molecule has 2 amide bonds. The molecule has 2 aromatic rings. The number of methoxy groups -OCH3 is 1. The fourth-order valence-corrected chi connectivity index (χ4v) is 2.40. The zero-order chi connectivity index (χ0) is 19.8. The van der Waals surface area contributed by atoms with Gasteiger partial charge in [-0.3, -0.25) is 14.9 Å². The molecule has 0 aliphatic rings. The van der Waals surface area contributed by atoms with Gasteiger partial charge < -0.3 is 10.1 Å². The molecule has 140 valence electrons. The molecule has 0 spiro atoms. The number of thiocarbonyl (C=S) groups is 1. The van der Waals surface area contributed by atoms with Crippen LogP contribution in [-0.4, -0.2) is 36.6 Å². The molecule has 7 nitrogen and oxygen atoms in total. The maximum absolute atomic E-state index is 12.5. The van der Waals surface area contributed by atoms with Crippen molar-refractivity contribution in [2.75, 3.05) is 18.1 Å². The Balaban J connectivity index is 2.03. The van der Waals surface area contributed by atoms with E-state index in [1.54, 1.807) is 42.5 Å². The van der Waals surface area contributed by atoms with Crippen LogP contribution in [0.5, 0.6) is 0 Å². The summed E-state index contributed by atoms with van der Waals surface area (Å²) in [4.78, 5) is 35.7. The molecule has 0 aliphatic carbocycles. The van der Waals surface area contributed by atoms with Gasteiger partial charge in [0.2, 0.25) is 0 Å². The van der Waals surface area contributed by atoms with Gasteiger partial charge in [0.1, 0.15) is 0 Å². The Kier molecular flexibility index (Phi) is 7.27. The number of alkyl carbamates (subject to hydrolysis) is 1. The summed E-state index contributed by atoms with van der Waals surface area (Å²) in [5, 5.41) is 4.67. The molecule has 27 heavy (non-hydrogen) atoms. The first-order chi connectivity index (χ1) is 12.9. The summed E-state index contributed by atoms with van der Waals surface area (Å²) in [6.45, 7) is -0.261. The van der Waals surface area contributed by atoms with Crippen LogP contribution < -0.4 is 15.1 Å². The van der Waals surface area contributed by atoms with Crippen molar-refractivity contribution in [2.45, 2.75) is 0 Å². The zero-order valence-corrected chi connectivity index (χ0v) is 15.8. The molecular weight excluding hydrogens is 390 g/mol. The predicted octanol–water partition coefficient (Wildman–Crippen LogP) is 2.63. The maximum Gasteiger partial charge on any atom is 0.413 e. The molecule has 0 fully saturated rings. The van der Waals surface area contributed by atoms with Crippen molar-refractivity contribution in [1.82, 2.24) is 10.6 Å². The highest BCUT2D eigenvalue weighted by Crippen LogP contribution is 2.20. The van der Waals surface area contributed by atoms with E-state index in [9.17, 15) is 14.4 Å². The minimum atomic E-state index is -0.755. The molecule has 0 saturated carbocycles. The fraction of sp³-hybridized carbons (Fsp3) is 0.111. The topological polar surface area (TPSA) is 87.7 Å². The van der Waals surface area contributed by atoms with Gasteiger partial charge in [0, 0.05) is 22.9 Å². The van der Waals surface area contributed by atoms with Crippen molar-refractivity contribution in [3.8, 4) is 0 Å². The number of nitrogens with one attached hydrogen (secondary N) is 2. The van der Waals surface area contributed by atoms with E-state index in [1.807, 2.05) is 6.07 Å². The van der Waals surface area contributed by atoms with Crippen LogP contribution >= 0.6 is 24.0 Å². The van der Waals surface area contributed by atoms with Gasteiger partial charge in [-0.1, -0.05) is 42.5 Å². The number of hydrogen-bond donors (Lipinski definition) is 2. The highest BCUT2D eigenvalue weighted by molar-refractivity contribution is 7.80. The van der Waals surface area contributed by atoms with Gasteiger partial charge in [0.15, 0.2) is 10.9 Å². The molecule has 0 aliphatic heterocycles. The number of amides is 2.